The molecule has 0 aromatic rings. The van der Waals surface area contributed by atoms with Crippen molar-refractivity contribution in [3.8, 4) is 0 Å². The van der Waals surface area contributed by atoms with Crippen LogP contribution in [0.5, 0.6) is 0 Å². The molecule has 2 nitrogen and oxygen atoms in total. The lowest BCUT2D eigenvalue weighted by Gasteiger charge is -2.09. The van der Waals surface area contributed by atoms with E-state index in [0.29, 0.717) is 13.0 Å². The first-order valence-electron chi connectivity index (χ1n) is 6.99. The lowest BCUT2D eigenvalue weighted by Crippen LogP contribution is -2.14. The van der Waals surface area contributed by atoms with Gasteiger partial charge in [-0.25, -0.2) is 0 Å². The van der Waals surface area contributed by atoms with Crippen LogP contribution in [0.3, 0.4) is 0 Å². The summed E-state index contributed by atoms with van der Waals surface area (Å²) in [6, 6.07) is 0. The maximum Gasteiger partial charge on any atom is 0.308 e. The Hall–Kier alpha value is -0.790. The smallest absolute Gasteiger partial charge is 0.308 e. The molecule has 100 valence electrons. The molecule has 0 saturated heterocycles. The minimum absolute atomic E-state index is 0.0444. The number of rotatable bonds is 11. The summed E-state index contributed by atoms with van der Waals surface area (Å²) < 4.78 is 5.20. The minimum atomic E-state index is -0.0871. The molecule has 1 atom stereocenters. The summed E-state index contributed by atoms with van der Waals surface area (Å²) in [4.78, 5) is 11.4. The number of ether oxygens (including phenoxy) is 1. The monoisotopic (exact) mass is 240 g/mol. The van der Waals surface area contributed by atoms with E-state index in [-0.39, 0.29) is 11.9 Å². The molecule has 0 spiro atoms. The topological polar surface area (TPSA) is 26.3 Å². The van der Waals surface area contributed by atoms with Gasteiger partial charge in [0.15, 0.2) is 0 Å². The number of hydrogen-bond acceptors (Lipinski definition) is 2. The first-order chi connectivity index (χ1) is 8.22. The molecule has 17 heavy (non-hydrogen) atoms. The molecule has 0 rings (SSSR count). The predicted molar refractivity (Wildman–Crippen MR) is 72.9 cm³/mol. The van der Waals surface area contributed by atoms with Gasteiger partial charge in [-0.2, -0.15) is 0 Å². The number of unbranched alkanes of at least 4 members (excludes halogenated alkanes) is 6. The van der Waals surface area contributed by atoms with E-state index in [1.165, 1.54) is 38.5 Å². The quantitative estimate of drug-likeness (QED) is 0.302. The molecule has 1 unspecified atom stereocenters. The predicted octanol–water partition coefficient (Wildman–Crippen LogP) is 4.49. The fraction of sp³-hybridized carbons (Fsp3) is 0.800. The highest BCUT2D eigenvalue weighted by Gasteiger charge is 2.11. The molecule has 0 amide bonds. The van der Waals surface area contributed by atoms with Gasteiger partial charge in [0.05, 0.1) is 12.5 Å². The number of hydrogen-bond donors (Lipinski definition) is 0. The maximum atomic E-state index is 11.4. The van der Waals surface area contributed by atoms with Gasteiger partial charge in [-0.15, -0.1) is 6.58 Å². The Morgan fingerprint density at radius 2 is 1.76 bits per heavy atom. The molecule has 0 aliphatic heterocycles. The van der Waals surface area contributed by atoms with Crippen LogP contribution in [-0.4, -0.2) is 12.6 Å². The van der Waals surface area contributed by atoms with Crippen molar-refractivity contribution in [2.75, 3.05) is 6.61 Å². The number of esters is 1. The van der Waals surface area contributed by atoms with Crippen LogP contribution in [0.15, 0.2) is 12.7 Å². The second-order valence-corrected chi connectivity index (χ2v) is 4.71. The molecular weight excluding hydrogens is 212 g/mol. The van der Waals surface area contributed by atoms with Crippen LogP contribution in [0.1, 0.15) is 65.2 Å². The van der Waals surface area contributed by atoms with Gasteiger partial charge >= 0.3 is 5.97 Å². The molecular formula is C15H28O2. The zero-order valence-electron chi connectivity index (χ0n) is 11.5. The first kappa shape index (κ1) is 16.2. The van der Waals surface area contributed by atoms with E-state index in [2.05, 4.69) is 13.5 Å². The van der Waals surface area contributed by atoms with Crippen LogP contribution in [0.25, 0.3) is 0 Å². The molecule has 0 aromatic heterocycles. The average molecular weight is 240 g/mol. The lowest BCUT2D eigenvalue weighted by atomic mass is 10.1. The Morgan fingerprint density at radius 1 is 1.18 bits per heavy atom. The molecule has 0 fully saturated rings. The fourth-order valence-corrected chi connectivity index (χ4v) is 1.72. The van der Waals surface area contributed by atoms with Gasteiger partial charge in [-0.05, 0) is 12.8 Å². The summed E-state index contributed by atoms with van der Waals surface area (Å²) in [5, 5.41) is 0. The standard InChI is InChI=1S/C15H28O2/c1-4-6-7-8-9-10-11-13-17-15(16)14(3)12-5-2/h5,14H,2,4,6-13H2,1,3H3. The third-order valence-corrected chi connectivity index (χ3v) is 2.91. The van der Waals surface area contributed by atoms with E-state index in [9.17, 15) is 4.79 Å². The third-order valence-electron chi connectivity index (χ3n) is 2.91. The van der Waals surface area contributed by atoms with Crippen molar-refractivity contribution in [2.24, 2.45) is 5.92 Å². The molecule has 0 radical (unpaired) electrons. The number of allylic oxidation sites excluding steroid dienone is 1. The number of carbonyl (C=O) groups is 1. The fourth-order valence-electron chi connectivity index (χ4n) is 1.72. The zero-order chi connectivity index (χ0) is 12.9. The van der Waals surface area contributed by atoms with Crippen molar-refractivity contribution >= 4 is 5.97 Å². The van der Waals surface area contributed by atoms with Crippen molar-refractivity contribution in [1.29, 1.82) is 0 Å². The summed E-state index contributed by atoms with van der Waals surface area (Å²) in [7, 11) is 0. The summed E-state index contributed by atoms with van der Waals surface area (Å²) in [5.41, 5.74) is 0. The van der Waals surface area contributed by atoms with Gasteiger partial charge in [0.1, 0.15) is 0 Å². The molecule has 0 bridgehead atoms. The Bertz CT molecular complexity index is 199. The second kappa shape index (κ2) is 11.7. The summed E-state index contributed by atoms with van der Waals surface area (Å²) in [6.07, 6.45) is 11.2. The van der Waals surface area contributed by atoms with E-state index in [4.69, 9.17) is 4.74 Å². The van der Waals surface area contributed by atoms with Crippen LogP contribution in [-0.2, 0) is 9.53 Å². The Morgan fingerprint density at radius 3 is 2.35 bits per heavy atom. The van der Waals surface area contributed by atoms with Gasteiger partial charge in [-0.1, -0.05) is 58.4 Å². The van der Waals surface area contributed by atoms with Crippen LogP contribution in [0.4, 0.5) is 0 Å². The summed E-state index contributed by atoms with van der Waals surface area (Å²) in [6.45, 7) is 8.31. The largest absolute Gasteiger partial charge is 0.465 e. The van der Waals surface area contributed by atoms with E-state index in [1.807, 2.05) is 6.92 Å². The zero-order valence-corrected chi connectivity index (χ0v) is 11.5. The Labute approximate surface area is 106 Å². The van der Waals surface area contributed by atoms with Crippen LogP contribution in [0.2, 0.25) is 0 Å². The van der Waals surface area contributed by atoms with Gasteiger partial charge in [0, 0.05) is 0 Å². The average Bonchev–Trinajstić information content (AvgIpc) is 2.32. The molecule has 0 aliphatic carbocycles. The first-order valence-corrected chi connectivity index (χ1v) is 6.99. The van der Waals surface area contributed by atoms with Gasteiger partial charge in [0.2, 0.25) is 0 Å². The van der Waals surface area contributed by atoms with Crippen molar-refractivity contribution < 1.29 is 9.53 Å². The van der Waals surface area contributed by atoms with Crippen molar-refractivity contribution in [1.82, 2.24) is 0 Å². The van der Waals surface area contributed by atoms with Gasteiger partial charge < -0.3 is 4.74 Å². The molecule has 0 aliphatic rings. The lowest BCUT2D eigenvalue weighted by molar-refractivity contribution is -0.147. The van der Waals surface area contributed by atoms with Gasteiger partial charge in [0.25, 0.3) is 0 Å². The Kier molecular flexibility index (Phi) is 11.1. The van der Waals surface area contributed by atoms with E-state index < -0.39 is 0 Å². The molecule has 0 heterocycles. The van der Waals surface area contributed by atoms with Crippen molar-refractivity contribution in [3.63, 3.8) is 0 Å². The minimum Gasteiger partial charge on any atom is -0.465 e. The highest BCUT2D eigenvalue weighted by molar-refractivity contribution is 5.72. The highest BCUT2D eigenvalue weighted by Crippen LogP contribution is 2.08. The van der Waals surface area contributed by atoms with Crippen LogP contribution < -0.4 is 0 Å². The SMILES string of the molecule is C=CCC(C)C(=O)OCCCCCCCCC. The van der Waals surface area contributed by atoms with Crippen molar-refractivity contribution in [3.05, 3.63) is 12.7 Å². The summed E-state index contributed by atoms with van der Waals surface area (Å²) >= 11 is 0. The molecule has 0 aromatic carbocycles. The normalized spacial score (nSPS) is 12.1. The summed E-state index contributed by atoms with van der Waals surface area (Å²) in [5.74, 6) is -0.132. The van der Waals surface area contributed by atoms with E-state index >= 15 is 0 Å². The number of carbonyl (C=O) groups excluding carboxylic acids is 1. The highest BCUT2D eigenvalue weighted by atomic mass is 16.5. The van der Waals surface area contributed by atoms with E-state index in [0.717, 1.165) is 6.42 Å². The molecule has 0 saturated carbocycles. The van der Waals surface area contributed by atoms with Gasteiger partial charge in [-0.3, -0.25) is 4.79 Å². The maximum absolute atomic E-state index is 11.4. The third kappa shape index (κ3) is 10.1. The molecule has 0 N–H and O–H groups in total. The van der Waals surface area contributed by atoms with E-state index in [1.54, 1.807) is 6.08 Å². The van der Waals surface area contributed by atoms with Crippen LogP contribution in [0, 0.1) is 5.92 Å². The Balaban J connectivity index is 3.27. The van der Waals surface area contributed by atoms with Crippen molar-refractivity contribution in [2.45, 2.75) is 65.2 Å². The second-order valence-electron chi connectivity index (χ2n) is 4.71. The van der Waals surface area contributed by atoms with Crippen LogP contribution >= 0.6 is 0 Å². The molecule has 2 heteroatoms.